The minimum Gasteiger partial charge on any atom is -0.348 e. The Morgan fingerprint density at radius 1 is 1.25 bits per heavy atom. The smallest absolute Gasteiger partial charge is 0.237 e. The van der Waals surface area contributed by atoms with Gasteiger partial charge >= 0.3 is 0 Å². The van der Waals surface area contributed by atoms with Gasteiger partial charge in [-0.25, -0.2) is 0 Å². The van der Waals surface area contributed by atoms with E-state index in [-0.39, 0.29) is 18.0 Å². The van der Waals surface area contributed by atoms with E-state index >= 15 is 0 Å². The lowest BCUT2D eigenvalue weighted by molar-refractivity contribution is -0.123. The van der Waals surface area contributed by atoms with Gasteiger partial charge in [0.2, 0.25) is 5.91 Å². The first-order valence-corrected chi connectivity index (χ1v) is 7.85. The molecule has 4 atom stereocenters. The molecule has 3 rings (SSSR count). The second-order valence-corrected chi connectivity index (χ2v) is 6.25. The Morgan fingerprint density at radius 3 is 2.75 bits per heavy atom. The third-order valence-corrected chi connectivity index (χ3v) is 4.84. The summed E-state index contributed by atoms with van der Waals surface area (Å²) < 4.78 is 0. The first-order valence-electron chi connectivity index (χ1n) is 7.85. The molecular formula is C17H24N2O. The van der Waals surface area contributed by atoms with Crippen molar-refractivity contribution in [3.8, 4) is 0 Å². The maximum absolute atomic E-state index is 12.4. The number of hydrogen-bond acceptors (Lipinski definition) is 2. The summed E-state index contributed by atoms with van der Waals surface area (Å²) in [5.74, 6) is 0.877. The number of amides is 1. The Hall–Kier alpha value is -1.35. The second kappa shape index (κ2) is 5.96. The minimum atomic E-state index is 0.00858. The number of nitrogens with one attached hydrogen (secondary N) is 2. The fourth-order valence-electron chi connectivity index (χ4n) is 3.66. The van der Waals surface area contributed by atoms with Crippen molar-refractivity contribution in [1.82, 2.24) is 10.6 Å². The van der Waals surface area contributed by atoms with Gasteiger partial charge in [-0.2, -0.15) is 0 Å². The summed E-state index contributed by atoms with van der Waals surface area (Å²) in [6, 6.07) is 10.8. The molecule has 3 heteroatoms. The lowest BCUT2D eigenvalue weighted by Crippen LogP contribution is -2.43. The monoisotopic (exact) mass is 272 g/mol. The van der Waals surface area contributed by atoms with Crippen molar-refractivity contribution in [1.29, 1.82) is 0 Å². The van der Waals surface area contributed by atoms with Crippen molar-refractivity contribution in [2.75, 3.05) is 0 Å². The first-order chi connectivity index (χ1) is 9.74. The van der Waals surface area contributed by atoms with Crippen LogP contribution in [0.25, 0.3) is 0 Å². The van der Waals surface area contributed by atoms with Crippen LogP contribution < -0.4 is 10.6 Å². The van der Waals surface area contributed by atoms with Gasteiger partial charge in [-0.15, -0.1) is 0 Å². The lowest BCUT2D eigenvalue weighted by atomic mass is 9.85. The molecule has 3 unspecified atom stereocenters. The van der Waals surface area contributed by atoms with Crippen molar-refractivity contribution in [3.63, 3.8) is 0 Å². The van der Waals surface area contributed by atoms with Crippen molar-refractivity contribution in [2.45, 2.75) is 57.2 Å². The number of fused-ring (bicyclic) bond motifs is 1. The van der Waals surface area contributed by atoms with E-state index in [0.717, 1.165) is 12.0 Å². The van der Waals surface area contributed by atoms with E-state index in [1.54, 1.807) is 0 Å². The normalized spacial score (nSPS) is 30.6. The Labute approximate surface area is 121 Å². The van der Waals surface area contributed by atoms with E-state index in [1.807, 2.05) is 18.2 Å². The van der Waals surface area contributed by atoms with Gasteiger partial charge in [-0.05, 0) is 37.7 Å². The van der Waals surface area contributed by atoms with Crippen LogP contribution in [0, 0.1) is 5.92 Å². The van der Waals surface area contributed by atoms with E-state index in [9.17, 15) is 4.79 Å². The van der Waals surface area contributed by atoms with Crippen LogP contribution in [0.2, 0.25) is 0 Å². The molecule has 1 aliphatic heterocycles. The molecule has 1 amide bonds. The largest absolute Gasteiger partial charge is 0.348 e. The number of carbonyl (C=O) groups excluding carboxylic acids is 1. The van der Waals surface area contributed by atoms with Crippen LogP contribution in [0.3, 0.4) is 0 Å². The molecule has 1 aromatic rings. The zero-order valence-electron chi connectivity index (χ0n) is 12.1. The minimum absolute atomic E-state index is 0.00858. The third-order valence-electron chi connectivity index (χ3n) is 4.84. The number of carbonyl (C=O) groups is 1. The highest BCUT2D eigenvalue weighted by Gasteiger charge is 2.38. The van der Waals surface area contributed by atoms with E-state index in [4.69, 9.17) is 0 Å². The van der Waals surface area contributed by atoms with Crippen LogP contribution in [0.4, 0.5) is 0 Å². The number of rotatable bonds is 3. The molecule has 20 heavy (non-hydrogen) atoms. The second-order valence-electron chi connectivity index (χ2n) is 6.25. The standard InChI is InChI=1S/C17H24N2O/c1-12(13-7-3-2-4-8-13)18-17(20)16-11-14-9-5-6-10-15(14)19-16/h2-4,7-8,12,14-16,19H,5-6,9-11H2,1H3,(H,18,20)/t12-,14?,15?,16?/m0/s1. The summed E-state index contributed by atoms with van der Waals surface area (Å²) in [6.07, 6.45) is 6.18. The molecule has 3 nitrogen and oxygen atoms in total. The quantitative estimate of drug-likeness (QED) is 0.888. The fourth-order valence-corrected chi connectivity index (χ4v) is 3.66. The zero-order chi connectivity index (χ0) is 13.9. The van der Waals surface area contributed by atoms with Gasteiger partial charge in [0, 0.05) is 6.04 Å². The maximum Gasteiger partial charge on any atom is 0.237 e. The zero-order valence-corrected chi connectivity index (χ0v) is 12.1. The van der Waals surface area contributed by atoms with Gasteiger partial charge in [0.25, 0.3) is 0 Å². The van der Waals surface area contributed by atoms with Crippen LogP contribution in [-0.2, 0) is 4.79 Å². The van der Waals surface area contributed by atoms with Crippen molar-refractivity contribution < 1.29 is 4.79 Å². The Kier molecular flexibility index (Phi) is 4.06. The average Bonchev–Trinajstić information content (AvgIpc) is 2.92. The molecular weight excluding hydrogens is 248 g/mol. The van der Waals surface area contributed by atoms with E-state index in [0.29, 0.717) is 12.0 Å². The third kappa shape index (κ3) is 2.88. The molecule has 1 heterocycles. The van der Waals surface area contributed by atoms with Gasteiger partial charge in [0.05, 0.1) is 12.1 Å². The molecule has 2 fully saturated rings. The van der Waals surface area contributed by atoms with Crippen LogP contribution in [-0.4, -0.2) is 18.0 Å². The molecule has 1 saturated heterocycles. The number of benzene rings is 1. The van der Waals surface area contributed by atoms with Crippen molar-refractivity contribution in [3.05, 3.63) is 35.9 Å². The molecule has 1 saturated carbocycles. The maximum atomic E-state index is 12.4. The van der Waals surface area contributed by atoms with E-state index in [1.165, 1.54) is 25.7 Å². The Bertz CT molecular complexity index is 445. The molecule has 0 radical (unpaired) electrons. The molecule has 0 aromatic heterocycles. The van der Waals surface area contributed by atoms with E-state index < -0.39 is 0 Å². The molecule has 1 aliphatic carbocycles. The summed E-state index contributed by atoms with van der Waals surface area (Å²) >= 11 is 0. The van der Waals surface area contributed by atoms with Gasteiger partial charge in [-0.1, -0.05) is 43.2 Å². The molecule has 1 aromatic carbocycles. The Balaban J connectivity index is 1.57. The molecule has 2 N–H and O–H groups in total. The van der Waals surface area contributed by atoms with Crippen molar-refractivity contribution >= 4 is 5.91 Å². The Morgan fingerprint density at radius 2 is 2.00 bits per heavy atom. The van der Waals surface area contributed by atoms with Gasteiger partial charge in [0.1, 0.15) is 0 Å². The lowest BCUT2D eigenvalue weighted by Gasteiger charge is -2.24. The highest BCUT2D eigenvalue weighted by Crippen LogP contribution is 2.33. The van der Waals surface area contributed by atoms with E-state index in [2.05, 4.69) is 29.7 Å². The summed E-state index contributed by atoms with van der Waals surface area (Å²) in [4.78, 5) is 12.4. The summed E-state index contributed by atoms with van der Waals surface area (Å²) in [6.45, 7) is 2.05. The molecule has 0 spiro atoms. The summed E-state index contributed by atoms with van der Waals surface area (Å²) in [5.41, 5.74) is 1.16. The molecule has 108 valence electrons. The van der Waals surface area contributed by atoms with Gasteiger partial charge in [-0.3, -0.25) is 4.79 Å². The van der Waals surface area contributed by atoms with Crippen molar-refractivity contribution in [2.24, 2.45) is 5.92 Å². The SMILES string of the molecule is C[C@H](NC(=O)C1CC2CCCCC2N1)c1ccccc1. The fraction of sp³-hybridized carbons (Fsp3) is 0.588. The summed E-state index contributed by atoms with van der Waals surface area (Å²) in [7, 11) is 0. The van der Waals surface area contributed by atoms with Crippen LogP contribution >= 0.6 is 0 Å². The van der Waals surface area contributed by atoms with Gasteiger partial charge in [0.15, 0.2) is 0 Å². The first kappa shape index (κ1) is 13.6. The average molecular weight is 272 g/mol. The number of hydrogen-bond donors (Lipinski definition) is 2. The highest BCUT2D eigenvalue weighted by atomic mass is 16.2. The predicted molar refractivity (Wildman–Crippen MR) is 80.3 cm³/mol. The van der Waals surface area contributed by atoms with Crippen LogP contribution in [0.5, 0.6) is 0 Å². The topological polar surface area (TPSA) is 41.1 Å². The molecule has 0 bridgehead atoms. The van der Waals surface area contributed by atoms with Crippen LogP contribution in [0.1, 0.15) is 50.6 Å². The summed E-state index contributed by atoms with van der Waals surface area (Å²) in [5, 5.41) is 6.68. The molecule has 2 aliphatic rings. The van der Waals surface area contributed by atoms with Crippen LogP contribution in [0.15, 0.2) is 30.3 Å². The predicted octanol–water partition coefficient (Wildman–Crippen LogP) is 2.78. The highest BCUT2D eigenvalue weighted by molar-refractivity contribution is 5.82. The van der Waals surface area contributed by atoms with Gasteiger partial charge < -0.3 is 10.6 Å².